The fourth-order valence-corrected chi connectivity index (χ4v) is 4.60. The standard InChI is InChI=1S/C22H23N3O2S/c1-15-11-24(2)19-8-3-4-9-20(19)25(12-15)13-18-14-28-21(23-18)16-6-5-7-17(10-16)22(26)27/h3-10,14-15H,11-13H2,1-2H3,(H,26,27). The van der Waals surface area contributed by atoms with Crippen LogP contribution >= 0.6 is 11.3 Å². The number of anilines is 2. The number of benzene rings is 2. The van der Waals surface area contributed by atoms with Crippen molar-refractivity contribution in [2.45, 2.75) is 13.5 Å². The maximum atomic E-state index is 11.2. The van der Waals surface area contributed by atoms with E-state index < -0.39 is 5.97 Å². The molecule has 1 N–H and O–H groups in total. The van der Waals surface area contributed by atoms with Gasteiger partial charge < -0.3 is 14.9 Å². The summed E-state index contributed by atoms with van der Waals surface area (Å²) < 4.78 is 0. The van der Waals surface area contributed by atoms with Crippen LogP contribution in [0, 0.1) is 5.92 Å². The van der Waals surface area contributed by atoms with Crippen molar-refractivity contribution in [1.82, 2.24) is 4.98 Å². The Balaban J connectivity index is 1.61. The lowest BCUT2D eigenvalue weighted by Gasteiger charge is -2.25. The highest BCUT2D eigenvalue weighted by Gasteiger charge is 2.23. The topological polar surface area (TPSA) is 56.7 Å². The van der Waals surface area contributed by atoms with Crippen molar-refractivity contribution < 1.29 is 9.90 Å². The maximum Gasteiger partial charge on any atom is 0.335 e. The van der Waals surface area contributed by atoms with Crippen LogP contribution in [0.25, 0.3) is 10.6 Å². The third-order valence-electron chi connectivity index (χ3n) is 5.01. The Hall–Kier alpha value is -2.86. The molecule has 1 aliphatic rings. The predicted octanol–water partition coefficient (Wildman–Crippen LogP) is 4.60. The van der Waals surface area contributed by atoms with E-state index in [4.69, 9.17) is 4.98 Å². The number of fused-ring (bicyclic) bond motifs is 1. The van der Waals surface area contributed by atoms with Gasteiger partial charge in [-0.15, -0.1) is 11.3 Å². The molecule has 5 nitrogen and oxygen atoms in total. The van der Waals surface area contributed by atoms with Gasteiger partial charge in [0, 0.05) is 31.1 Å². The van der Waals surface area contributed by atoms with E-state index in [2.05, 4.69) is 53.4 Å². The highest BCUT2D eigenvalue weighted by Crippen LogP contribution is 2.34. The first-order valence-corrected chi connectivity index (χ1v) is 10.2. The number of hydrogen-bond acceptors (Lipinski definition) is 5. The van der Waals surface area contributed by atoms with Crippen LogP contribution in [0.2, 0.25) is 0 Å². The lowest BCUT2D eigenvalue weighted by molar-refractivity contribution is 0.0697. The van der Waals surface area contributed by atoms with Gasteiger partial charge in [0.15, 0.2) is 0 Å². The minimum atomic E-state index is -0.919. The first-order valence-electron chi connectivity index (χ1n) is 9.34. The molecule has 28 heavy (non-hydrogen) atoms. The van der Waals surface area contributed by atoms with E-state index in [9.17, 15) is 9.90 Å². The average molecular weight is 394 g/mol. The second-order valence-corrected chi connectivity index (χ2v) is 8.24. The zero-order chi connectivity index (χ0) is 19.7. The molecule has 2 aromatic carbocycles. The van der Waals surface area contributed by atoms with Gasteiger partial charge in [-0.2, -0.15) is 0 Å². The lowest BCUT2D eigenvalue weighted by atomic mass is 10.1. The van der Waals surface area contributed by atoms with Crippen molar-refractivity contribution in [1.29, 1.82) is 0 Å². The van der Waals surface area contributed by atoms with Crippen LogP contribution in [0.5, 0.6) is 0 Å². The quantitative estimate of drug-likeness (QED) is 0.702. The summed E-state index contributed by atoms with van der Waals surface area (Å²) in [4.78, 5) is 20.7. The fraction of sp³-hybridized carbons (Fsp3) is 0.273. The second-order valence-electron chi connectivity index (χ2n) is 7.38. The zero-order valence-electron chi connectivity index (χ0n) is 16.0. The molecule has 0 saturated carbocycles. The minimum Gasteiger partial charge on any atom is -0.478 e. The van der Waals surface area contributed by atoms with Crippen LogP contribution in [0.3, 0.4) is 0 Å². The molecule has 1 aromatic heterocycles. The lowest BCUT2D eigenvalue weighted by Crippen LogP contribution is -2.29. The number of para-hydroxylation sites is 2. The number of hydrogen-bond donors (Lipinski definition) is 1. The molecule has 0 saturated heterocycles. The fourth-order valence-electron chi connectivity index (χ4n) is 3.80. The van der Waals surface area contributed by atoms with E-state index in [1.165, 1.54) is 11.4 Å². The number of nitrogens with zero attached hydrogens (tertiary/aromatic N) is 3. The molecule has 144 valence electrons. The second kappa shape index (κ2) is 7.64. The van der Waals surface area contributed by atoms with Crippen LogP contribution in [-0.2, 0) is 6.54 Å². The largest absolute Gasteiger partial charge is 0.478 e. The molecule has 0 fully saturated rings. The number of aromatic nitrogens is 1. The molecule has 1 unspecified atom stereocenters. The van der Waals surface area contributed by atoms with E-state index in [-0.39, 0.29) is 5.56 Å². The molecule has 4 rings (SSSR count). The Kier molecular flexibility index (Phi) is 5.05. The van der Waals surface area contributed by atoms with Crippen molar-refractivity contribution in [2.75, 3.05) is 29.9 Å². The van der Waals surface area contributed by atoms with Crippen molar-refractivity contribution in [3.05, 3.63) is 65.2 Å². The Morgan fingerprint density at radius 3 is 2.75 bits per heavy atom. The average Bonchev–Trinajstić information content (AvgIpc) is 3.11. The highest BCUT2D eigenvalue weighted by atomic mass is 32.1. The molecule has 0 radical (unpaired) electrons. The smallest absolute Gasteiger partial charge is 0.335 e. The van der Waals surface area contributed by atoms with Gasteiger partial charge in [0.05, 0.1) is 29.2 Å². The van der Waals surface area contributed by atoms with E-state index in [1.54, 1.807) is 29.5 Å². The summed E-state index contributed by atoms with van der Waals surface area (Å²) >= 11 is 1.56. The third-order valence-corrected chi connectivity index (χ3v) is 5.95. The molecule has 0 spiro atoms. The van der Waals surface area contributed by atoms with Gasteiger partial charge in [-0.25, -0.2) is 9.78 Å². The molecule has 6 heteroatoms. The monoisotopic (exact) mass is 393 g/mol. The van der Waals surface area contributed by atoms with Gasteiger partial charge >= 0.3 is 5.97 Å². The number of aromatic carboxylic acids is 1. The number of carboxylic acid groups (broad SMARTS) is 1. The van der Waals surface area contributed by atoms with Gasteiger partial charge in [0.2, 0.25) is 0 Å². The number of thiazole rings is 1. The van der Waals surface area contributed by atoms with Crippen LogP contribution < -0.4 is 9.80 Å². The van der Waals surface area contributed by atoms with Crippen molar-refractivity contribution in [2.24, 2.45) is 5.92 Å². The summed E-state index contributed by atoms with van der Waals surface area (Å²) in [6, 6.07) is 15.5. The summed E-state index contributed by atoms with van der Waals surface area (Å²) in [5.74, 6) is -0.374. The summed E-state index contributed by atoms with van der Waals surface area (Å²) in [5.41, 5.74) is 4.62. The van der Waals surface area contributed by atoms with Crippen LogP contribution in [0.15, 0.2) is 53.9 Å². The SMILES string of the molecule is CC1CN(C)c2ccccc2N(Cc2csc(-c3cccc(C(=O)O)c3)n2)C1. The Labute approximate surface area is 168 Å². The molecular formula is C22H23N3O2S. The molecule has 0 aliphatic carbocycles. The van der Waals surface area contributed by atoms with Crippen molar-refractivity contribution >= 4 is 28.7 Å². The highest BCUT2D eigenvalue weighted by molar-refractivity contribution is 7.13. The number of carboxylic acids is 1. The van der Waals surface area contributed by atoms with Crippen molar-refractivity contribution in [3.8, 4) is 10.6 Å². The number of rotatable bonds is 4. The van der Waals surface area contributed by atoms with Gasteiger partial charge in [0.25, 0.3) is 0 Å². The van der Waals surface area contributed by atoms with Gasteiger partial charge in [-0.1, -0.05) is 31.2 Å². The molecule has 0 bridgehead atoms. The first kappa shape index (κ1) is 18.5. The third kappa shape index (κ3) is 3.73. The summed E-state index contributed by atoms with van der Waals surface area (Å²) in [6.45, 7) is 5.02. The molecule has 2 heterocycles. The Morgan fingerprint density at radius 2 is 1.96 bits per heavy atom. The van der Waals surface area contributed by atoms with E-state index >= 15 is 0 Å². The van der Waals surface area contributed by atoms with E-state index in [0.29, 0.717) is 5.92 Å². The minimum absolute atomic E-state index is 0.285. The Morgan fingerprint density at radius 1 is 1.18 bits per heavy atom. The maximum absolute atomic E-state index is 11.2. The Bertz CT molecular complexity index is 1000. The molecular weight excluding hydrogens is 370 g/mol. The molecule has 1 aliphatic heterocycles. The van der Waals surface area contributed by atoms with E-state index in [1.807, 2.05) is 6.07 Å². The summed E-state index contributed by atoms with van der Waals surface area (Å²) in [6.07, 6.45) is 0. The zero-order valence-corrected chi connectivity index (χ0v) is 16.8. The van der Waals surface area contributed by atoms with Crippen LogP contribution in [-0.4, -0.2) is 36.2 Å². The predicted molar refractivity (Wildman–Crippen MR) is 114 cm³/mol. The summed E-state index contributed by atoms with van der Waals surface area (Å²) in [7, 11) is 2.15. The van der Waals surface area contributed by atoms with Crippen molar-refractivity contribution in [3.63, 3.8) is 0 Å². The normalized spacial score (nSPS) is 16.6. The van der Waals surface area contributed by atoms with Gasteiger partial charge in [-0.3, -0.25) is 0 Å². The molecule has 3 aromatic rings. The van der Waals surface area contributed by atoms with Crippen LogP contribution in [0.1, 0.15) is 23.0 Å². The first-order chi connectivity index (χ1) is 13.5. The van der Waals surface area contributed by atoms with Gasteiger partial charge in [-0.05, 0) is 30.2 Å². The summed E-state index contributed by atoms with van der Waals surface area (Å²) in [5, 5.41) is 12.1. The number of carbonyl (C=O) groups is 1. The van der Waals surface area contributed by atoms with Crippen LogP contribution in [0.4, 0.5) is 11.4 Å². The van der Waals surface area contributed by atoms with Gasteiger partial charge in [0.1, 0.15) is 5.01 Å². The van der Waals surface area contributed by atoms with E-state index in [0.717, 1.165) is 35.9 Å². The molecule has 0 amide bonds. The molecule has 1 atom stereocenters.